The van der Waals surface area contributed by atoms with Gasteiger partial charge in [0.25, 0.3) is 5.91 Å². The van der Waals surface area contributed by atoms with Crippen LogP contribution in [0.2, 0.25) is 0 Å². The zero-order valence-corrected chi connectivity index (χ0v) is 14.0. The fourth-order valence-corrected chi connectivity index (χ4v) is 3.83. The maximum atomic E-state index is 12.6. The average molecular weight is 342 g/mol. The van der Waals surface area contributed by atoms with Crippen molar-refractivity contribution in [1.29, 1.82) is 0 Å². The summed E-state index contributed by atoms with van der Waals surface area (Å²) in [6, 6.07) is 8.64. The first-order valence-electron chi connectivity index (χ1n) is 8.80. The van der Waals surface area contributed by atoms with Crippen LogP contribution in [0.25, 0.3) is 10.9 Å². The number of benzene rings is 1. The van der Waals surface area contributed by atoms with Gasteiger partial charge in [-0.1, -0.05) is 12.1 Å². The van der Waals surface area contributed by atoms with Gasteiger partial charge in [0.05, 0.1) is 5.60 Å². The number of pyridine rings is 1. The molecule has 25 heavy (non-hydrogen) atoms. The number of aromatic nitrogens is 1. The van der Waals surface area contributed by atoms with Crippen molar-refractivity contribution in [3.63, 3.8) is 0 Å². The van der Waals surface area contributed by atoms with E-state index in [-0.39, 0.29) is 23.0 Å². The lowest BCUT2D eigenvalue weighted by molar-refractivity contribution is -0.139. The summed E-state index contributed by atoms with van der Waals surface area (Å²) in [5.74, 6) is -0.239. The molecule has 1 atom stereocenters. The Morgan fingerprint density at radius 3 is 2.84 bits per heavy atom. The van der Waals surface area contributed by atoms with Crippen molar-refractivity contribution in [2.45, 2.75) is 37.3 Å². The van der Waals surface area contributed by atoms with Crippen LogP contribution >= 0.6 is 0 Å². The molecular formula is C19H22N2O4. The molecule has 6 heteroatoms. The van der Waals surface area contributed by atoms with Gasteiger partial charge in [-0.15, -0.1) is 0 Å². The molecule has 0 aliphatic carbocycles. The van der Waals surface area contributed by atoms with Gasteiger partial charge in [0, 0.05) is 42.8 Å². The number of para-hydroxylation sites is 1. The highest BCUT2D eigenvalue weighted by atomic mass is 16.5. The molecule has 3 heterocycles. The number of amides is 1. The molecule has 0 radical (unpaired) electrons. The van der Waals surface area contributed by atoms with Crippen molar-refractivity contribution < 1.29 is 14.3 Å². The smallest absolute Gasteiger partial charge is 0.268 e. The van der Waals surface area contributed by atoms with Gasteiger partial charge in [-0.3, -0.25) is 9.59 Å². The summed E-state index contributed by atoms with van der Waals surface area (Å²) in [5, 5.41) is 3.66. The highest BCUT2D eigenvalue weighted by Crippen LogP contribution is 2.34. The first-order valence-corrected chi connectivity index (χ1v) is 8.80. The van der Waals surface area contributed by atoms with E-state index < -0.39 is 0 Å². The average Bonchev–Trinajstić information content (AvgIpc) is 2.62. The summed E-state index contributed by atoms with van der Waals surface area (Å²) in [6.07, 6.45) is 3.31. The Morgan fingerprint density at radius 2 is 2.00 bits per heavy atom. The van der Waals surface area contributed by atoms with Crippen molar-refractivity contribution in [2.75, 3.05) is 19.8 Å². The summed E-state index contributed by atoms with van der Waals surface area (Å²) in [7, 11) is 0. The molecule has 2 fully saturated rings. The molecule has 0 unspecified atom stereocenters. The largest absolute Gasteiger partial charge is 0.381 e. The fourth-order valence-electron chi connectivity index (χ4n) is 3.83. The molecule has 6 nitrogen and oxygen atoms in total. The molecule has 4 rings (SSSR count). The minimum atomic E-state index is -0.239. The second-order valence-corrected chi connectivity index (χ2v) is 6.90. The van der Waals surface area contributed by atoms with Gasteiger partial charge in [-0.25, -0.2) is 0 Å². The summed E-state index contributed by atoms with van der Waals surface area (Å²) in [4.78, 5) is 27.9. The fraction of sp³-hybridized carbons (Fsp3) is 0.474. The lowest BCUT2D eigenvalue weighted by Gasteiger charge is -2.43. The third-order valence-electron chi connectivity index (χ3n) is 5.21. The molecule has 2 aromatic rings. The summed E-state index contributed by atoms with van der Waals surface area (Å²) in [6.45, 7) is 2.05. The number of hydrogen-bond acceptors (Lipinski definition) is 4. The molecule has 2 aliphatic rings. The maximum Gasteiger partial charge on any atom is 0.268 e. The molecule has 1 aromatic carbocycles. The number of rotatable bonds is 2. The molecule has 2 N–H and O–H groups in total. The zero-order chi connectivity index (χ0) is 17.3. The van der Waals surface area contributed by atoms with Crippen molar-refractivity contribution in [3.05, 3.63) is 46.2 Å². The van der Waals surface area contributed by atoms with Gasteiger partial charge < -0.3 is 19.8 Å². The Hall–Kier alpha value is -2.18. The van der Waals surface area contributed by atoms with Crippen molar-refractivity contribution in [3.8, 4) is 0 Å². The lowest BCUT2D eigenvalue weighted by atomic mass is 9.84. The second-order valence-electron chi connectivity index (χ2n) is 6.90. The second kappa shape index (κ2) is 6.61. The number of ether oxygens (including phenoxy) is 2. The van der Waals surface area contributed by atoms with E-state index >= 15 is 0 Å². The van der Waals surface area contributed by atoms with Crippen molar-refractivity contribution in [2.24, 2.45) is 0 Å². The van der Waals surface area contributed by atoms with Crippen molar-refractivity contribution in [1.82, 2.24) is 10.3 Å². The van der Waals surface area contributed by atoms with Crippen LogP contribution in [0.4, 0.5) is 0 Å². The number of hydrogen-bond donors (Lipinski definition) is 2. The highest BCUT2D eigenvalue weighted by Gasteiger charge is 2.39. The van der Waals surface area contributed by atoms with E-state index in [4.69, 9.17) is 9.47 Å². The molecule has 1 spiro atoms. The topological polar surface area (TPSA) is 80.4 Å². The molecule has 1 aromatic heterocycles. The van der Waals surface area contributed by atoms with E-state index in [1.54, 1.807) is 12.1 Å². The number of H-pyrrole nitrogens is 1. The standard InChI is InChI=1S/C19H22N2O4/c22-17-11-16(21-15-4-2-1-3-14(15)17)18(23)20-13-5-8-25-19(12-13)6-9-24-10-7-19/h1-4,11,13H,5-10,12H2,(H,20,23)(H,21,22)/t13-/m1/s1. The number of fused-ring (bicyclic) bond motifs is 1. The van der Waals surface area contributed by atoms with E-state index in [1.807, 2.05) is 12.1 Å². The summed E-state index contributed by atoms with van der Waals surface area (Å²) >= 11 is 0. The van der Waals surface area contributed by atoms with Crippen LogP contribution in [0, 0.1) is 0 Å². The summed E-state index contributed by atoms with van der Waals surface area (Å²) in [5.41, 5.74) is 0.655. The van der Waals surface area contributed by atoms with Crippen LogP contribution in [-0.4, -0.2) is 42.4 Å². The maximum absolute atomic E-state index is 12.6. The van der Waals surface area contributed by atoms with Crippen LogP contribution in [0.5, 0.6) is 0 Å². The normalized spacial score (nSPS) is 22.8. The highest BCUT2D eigenvalue weighted by molar-refractivity contribution is 5.95. The molecule has 2 saturated heterocycles. The van der Waals surface area contributed by atoms with Crippen molar-refractivity contribution >= 4 is 16.8 Å². The molecular weight excluding hydrogens is 320 g/mol. The van der Waals surface area contributed by atoms with Gasteiger partial charge >= 0.3 is 0 Å². The number of carbonyl (C=O) groups is 1. The number of nitrogens with one attached hydrogen (secondary N) is 2. The first-order chi connectivity index (χ1) is 12.2. The van der Waals surface area contributed by atoms with Gasteiger partial charge in [0.1, 0.15) is 5.69 Å². The molecule has 2 aliphatic heterocycles. The van der Waals surface area contributed by atoms with E-state index in [2.05, 4.69) is 10.3 Å². The van der Waals surface area contributed by atoms with Crippen LogP contribution in [0.15, 0.2) is 35.1 Å². The zero-order valence-electron chi connectivity index (χ0n) is 14.0. The Morgan fingerprint density at radius 1 is 1.20 bits per heavy atom. The molecule has 1 amide bonds. The third kappa shape index (κ3) is 3.32. The Labute approximate surface area is 145 Å². The van der Waals surface area contributed by atoms with Gasteiger partial charge in [-0.05, 0) is 37.8 Å². The monoisotopic (exact) mass is 342 g/mol. The van der Waals surface area contributed by atoms with E-state index in [0.29, 0.717) is 36.4 Å². The van der Waals surface area contributed by atoms with E-state index in [0.717, 1.165) is 25.7 Å². The van der Waals surface area contributed by atoms with Gasteiger partial charge in [0.2, 0.25) is 0 Å². The number of aromatic amines is 1. The minimum absolute atomic E-state index is 0.0503. The molecule has 0 saturated carbocycles. The van der Waals surface area contributed by atoms with Crippen LogP contribution in [-0.2, 0) is 9.47 Å². The molecule has 0 bridgehead atoms. The van der Waals surface area contributed by atoms with Crippen LogP contribution in [0.1, 0.15) is 36.2 Å². The lowest BCUT2D eigenvalue weighted by Crippen LogP contribution is -2.51. The van der Waals surface area contributed by atoms with Crippen LogP contribution in [0.3, 0.4) is 0 Å². The first kappa shape index (κ1) is 16.3. The Bertz CT molecular complexity index is 833. The summed E-state index contributed by atoms with van der Waals surface area (Å²) < 4.78 is 11.4. The number of carbonyl (C=O) groups excluding carboxylic acids is 1. The van der Waals surface area contributed by atoms with Crippen LogP contribution < -0.4 is 10.7 Å². The van der Waals surface area contributed by atoms with E-state index in [9.17, 15) is 9.59 Å². The predicted molar refractivity (Wildman–Crippen MR) is 93.8 cm³/mol. The minimum Gasteiger partial charge on any atom is -0.381 e. The SMILES string of the molecule is O=C(N[C@@H]1CCOC2(CCOCC2)C1)c1cc(=O)c2ccccc2[nH]1. The third-order valence-corrected chi connectivity index (χ3v) is 5.21. The Kier molecular flexibility index (Phi) is 4.31. The van der Waals surface area contributed by atoms with Gasteiger partial charge in [0.15, 0.2) is 5.43 Å². The van der Waals surface area contributed by atoms with E-state index in [1.165, 1.54) is 6.07 Å². The molecule has 132 valence electrons. The van der Waals surface area contributed by atoms with Gasteiger partial charge in [-0.2, -0.15) is 0 Å². The quantitative estimate of drug-likeness (QED) is 0.875. The Balaban J connectivity index is 1.51. The predicted octanol–water partition coefficient (Wildman–Crippen LogP) is 1.99.